The van der Waals surface area contributed by atoms with Gasteiger partial charge in [0.15, 0.2) is 12.2 Å². The highest BCUT2D eigenvalue weighted by molar-refractivity contribution is 5.67. The molecule has 0 aliphatic carbocycles. The maximum atomic E-state index is 11.0. The molecular formula is C10H15NO7. The molecule has 0 aromatic rings. The van der Waals surface area contributed by atoms with Gasteiger partial charge in [-0.05, 0) is 0 Å². The highest BCUT2D eigenvalue weighted by Crippen LogP contribution is 2.18. The van der Waals surface area contributed by atoms with Crippen LogP contribution in [0, 0.1) is 0 Å². The standard InChI is InChI=1S/C10H15NO7/c1-5(12)15-4-8-9(16-6(2)13)10(11-18-8)17-7(3)14/h8-11H,4H2,1-3H3/t8-,9?,10?/m1/s1. The maximum absolute atomic E-state index is 11.0. The van der Waals surface area contributed by atoms with Gasteiger partial charge in [-0.1, -0.05) is 0 Å². The van der Waals surface area contributed by atoms with Crippen LogP contribution in [-0.4, -0.2) is 43.0 Å². The molecule has 1 aliphatic rings. The lowest BCUT2D eigenvalue weighted by atomic mass is 10.2. The van der Waals surface area contributed by atoms with Crippen LogP contribution in [0.5, 0.6) is 0 Å². The first-order valence-electron chi connectivity index (χ1n) is 5.29. The highest BCUT2D eigenvalue weighted by Gasteiger charge is 2.43. The summed E-state index contributed by atoms with van der Waals surface area (Å²) in [5.74, 6) is -1.60. The first-order valence-corrected chi connectivity index (χ1v) is 5.29. The van der Waals surface area contributed by atoms with Crippen LogP contribution in [0.2, 0.25) is 0 Å². The zero-order valence-electron chi connectivity index (χ0n) is 10.3. The summed E-state index contributed by atoms with van der Waals surface area (Å²) in [5, 5.41) is 0. The molecule has 1 rings (SSSR count). The Bertz CT molecular complexity index is 343. The van der Waals surface area contributed by atoms with Gasteiger partial charge in [-0.25, -0.2) is 0 Å². The first-order chi connectivity index (χ1) is 8.40. The van der Waals surface area contributed by atoms with Crippen LogP contribution < -0.4 is 5.48 Å². The Morgan fingerprint density at radius 1 is 1.06 bits per heavy atom. The van der Waals surface area contributed by atoms with Gasteiger partial charge in [-0.15, -0.1) is 0 Å². The second kappa shape index (κ2) is 6.31. The van der Waals surface area contributed by atoms with Crippen LogP contribution in [0.1, 0.15) is 20.8 Å². The Kier molecular flexibility index (Phi) is 5.05. The Hall–Kier alpha value is -1.67. The molecule has 102 valence electrons. The predicted molar refractivity (Wildman–Crippen MR) is 55.7 cm³/mol. The molecule has 1 fully saturated rings. The van der Waals surface area contributed by atoms with Crippen molar-refractivity contribution >= 4 is 17.9 Å². The third kappa shape index (κ3) is 4.30. The lowest BCUT2D eigenvalue weighted by Gasteiger charge is -2.20. The average molecular weight is 261 g/mol. The summed E-state index contributed by atoms with van der Waals surface area (Å²) in [4.78, 5) is 37.6. The van der Waals surface area contributed by atoms with Crippen molar-refractivity contribution in [3.8, 4) is 0 Å². The molecule has 0 aromatic heterocycles. The molecule has 0 spiro atoms. The number of carbonyl (C=O) groups excluding carboxylic acids is 3. The molecule has 0 bridgehead atoms. The van der Waals surface area contributed by atoms with Crippen molar-refractivity contribution in [3.05, 3.63) is 0 Å². The molecule has 1 saturated heterocycles. The molecule has 18 heavy (non-hydrogen) atoms. The average Bonchev–Trinajstić information content (AvgIpc) is 2.57. The Morgan fingerprint density at radius 2 is 1.67 bits per heavy atom. The quantitative estimate of drug-likeness (QED) is 0.522. The van der Waals surface area contributed by atoms with Gasteiger partial charge in [0.25, 0.3) is 0 Å². The highest BCUT2D eigenvalue weighted by atomic mass is 16.7. The Morgan fingerprint density at radius 3 is 2.17 bits per heavy atom. The van der Waals surface area contributed by atoms with E-state index in [1.54, 1.807) is 0 Å². The summed E-state index contributed by atoms with van der Waals surface area (Å²) in [7, 11) is 0. The molecule has 0 amide bonds. The van der Waals surface area contributed by atoms with Gasteiger partial charge in [-0.3, -0.25) is 19.2 Å². The van der Waals surface area contributed by atoms with E-state index in [2.05, 4.69) is 5.48 Å². The molecule has 0 aromatic carbocycles. The zero-order valence-corrected chi connectivity index (χ0v) is 10.3. The number of hydroxylamine groups is 1. The van der Waals surface area contributed by atoms with Gasteiger partial charge < -0.3 is 14.2 Å². The smallest absolute Gasteiger partial charge is 0.304 e. The van der Waals surface area contributed by atoms with Gasteiger partial charge in [-0.2, -0.15) is 5.48 Å². The van der Waals surface area contributed by atoms with E-state index in [0.717, 1.165) is 0 Å². The van der Waals surface area contributed by atoms with Crippen molar-refractivity contribution in [2.75, 3.05) is 6.61 Å². The van der Waals surface area contributed by atoms with Crippen LogP contribution in [0.4, 0.5) is 0 Å². The summed E-state index contributed by atoms with van der Waals surface area (Å²) in [5.41, 5.74) is 2.41. The summed E-state index contributed by atoms with van der Waals surface area (Å²) >= 11 is 0. The lowest BCUT2D eigenvalue weighted by molar-refractivity contribution is -0.166. The van der Waals surface area contributed by atoms with Crippen LogP contribution in [0.3, 0.4) is 0 Å². The van der Waals surface area contributed by atoms with Crippen LogP contribution in [0.25, 0.3) is 0 Å². The van der Waals surface area contributed by atoms with E-state index in [9.17, 15) is 14.4 Å². The van der Waals surface area contributed by atoms with Gasteiger partial charge >= 0.3 is 17.9 Å². The fourth-order valence-corrected chi connectivity index (χ4v) is 1.41. The van der Waals surface area contributed by atoms with E-state index in [-0.39, 0.29) is 6.61 Å². The van der Waals surface area contributed by atoms with Crippen molar-refractivity contribution < 1.29 is 33.4 Å². The van der Waals surface area contributed by atoms with E-state index in [4.69, 9.17) is 19.0 Å². The Balaban J connectivity index is 2.63. The van der Waals surface area contributed by atoms with Crippen molar-refractivity contribution in [1.29, 1.82) is 0 Å². The van der Waals surface area contributed by atoms with Crippen molar-refractivity contribution in [2.45, 2.75) is 39.2 Å². The fourth-order valence-electron chi connectivity index (χ4n) is 1.41. The van der Waals surface area contributed by atoms with Gasteiger partial charge in [0.05, 0.1) is 0 Å². The SMILES string of the molecule is CC(=O)OC[C@H]1ONC(OC(C)=O)C1OC(C)=O. The van der Waals surface area contributed by atoms with Crippen LogP contribution in [0.15, 0.2) is 0 Å². The summed E-state index contributed by atoms with van der Waals surface area (Å²) in [6, 6.07) is 0. The fraction of sp³-hybridized carbons (Fsp3) is 0.700. The number of carbonyl (C=O) groups is 3. The number of hydrogen-bond acceptors (Lipinski definition) is 8. The van der Waals surface area contributed by atoms with Crippen molar-refractivity contribution in [2.24, 2.45) is 0 Å². The number of esters is 3. The third-order valence-corrected chi connectivity index (χ3v) is 2.05. The second-order valence-electron chi connectivity index (χ2n) is 3.68. The monoisotopic (exact) mass is 261 g/mol. The number of ether oxygens (including phenoxy) is 3. The molecular weight excluding hydrogens is 246 g/mol. The second-order valence-corrected chi connectivity index (χ2v) is 3.68. The van der Waals surface area contributed by atoms with E-state index in [1.165, 1.54) is 20.8 Å². The first kappa shape index (κ1) is 14.4. The molecule has 0 saturated carbocycles. The topological polar surface area (TPSA) is 100 Å². The van der Waals surface area contributed by atoms with Crippen molar-refractivity contribution in [1.82, 2.24) is 5.48 Å². The number of hydrogen-bond donors (Lipinski definition) is 1. The third-order valence-electron chi connectivity index (χ3n) is 2.05. The molecule has 1 aliphatic heterocycles. The minimum absolute atomic E-state index is 0.113. The maximum Gasteiger partial charge on any atom is 0.304 e. The largest absolute Gasteiger partial charge is 0.463 e. The minimum atomic E-state index is -0.924. The van der Waals surface area contributed by atoms with E-state index >= 15 is 0 Å². The molecule has 3 atom stereocenters. The number of rotatable bonds is 4. The zero-order chi connectivity index (χ0) is 13.7. The molecule has 2 unspecified atom stereocenters. The molecule has 1 heterocycles. The van der Waals surface area contributed by atoms with E-state index in [1.807, 2.05) is 0 Å². The van der Waals surface area contributed by atoms with Gasteiger partial charge in [0, 0.05) is 20.8 Å². The normalized spacial score (nSPS) is 26.5. The summed E-state index contributed by atoms with van der Waals surface area (Å²) in [6.07, 6.45) is -2.53. The van der Waals surface area contributed by atoms with Crippen molar-refractivity contribution in [3.63, 3.8) is 0 Å². The van der Waals surface area contributed by atoms with Gasteiger partial charge in [0.2, 0.25) is 6.23 Å². The lowest BCUT2D eigenvalue weighted by Crippen LogP contribution is -2.41. The van der Waals surface area contributed by atoms with Crippen LogP contribution in [-0.2, 0) is 33.4 Å². The van der Waals surface area contributed by atoms with E-state index < -0.39 is 36.3 Å². The molecule has 0 radical (unpaired) electrons. The molecule has 1 N–H and O–H groups in total. The number of nitrogens with one attached hydrogen (secondary N) is 1. The van der Waals surface area contributed by atoms with Crippen LogP contribution >= 0.6 is 0 Å². The summed E-state index contributed by atoms with van der Waals surface area (Å²) < 4.78 is 14.6. The summed E-state index contributed by atoms with van der Waals surface area (Å²) in [6.45, 7) is 3.56. The van der Waals surface area contributed by atoms with Gasteiger partial charge in [0.1, 0.15) is 6.61 Å². The molecule has 8 nitrogen and oxygen atoms in total. The van der Waals surface area contributed by atoms with E-state index in [0.29, 0.717) is 0 Å². The molecule has 8 heteroatoms. The predicted octanol–water partition coefficient (Wildman–Crippen LogP) is -0.726. The Labute approximate surface area is 103 Å². The minimum Gasteiger partial charge on any atom is -0.463 e.